The Morgan fingerprint density at radius 3 is 2.76 bits per heavy atom. The Hall–Kier alpha value is -0.500. The zero-order chi connectivity index (χ0) is 15.5. The lowest BCUT2D eigenvalue weighted by Gasteiger charge is -2.09. The maximum atomic E-state index is 12.4. The van der Waals surface area contributed by atoms with Gasteiger partial charge < -0.3 is 9.88 Å². The molecule has 1 atom stereocenters. The first-order valence-corrected chi connectivity index (χ1v) is 10.2. The van der Waals surface area contributed by atoms with E-state index in [1.165, 1.54) is 0 Å². The largest absolute Gasteiger partial charge is 0.346 e. The molecule has 0 bridgehead atoms. The number of hydrogen-bond acceptors (Lipinski definition) is 4. The summed E-state index contributed by atoms with van der Waals surface area (Å²) in [5.41, 5.74) is 1.05. The predicted molar refractivity (Wildman–Crippen MR) is 88.2 cm³/mol. The van der Waals surface area contributed by atoms with Crippen molar-refractivity contribution in [2.75, 3.05) is 19.3 Å². The molecule has 0 radical (unpaired) electrons. The van der Waals surface area contributed by atoms with E-state index >= 15 is 0 Å². The number of aromatic nitrogens is 1. The standard InChI is InChI=1S/C14H25N3O2S2/c1-4-15-9-13-7-14(10-17(13)12-5-6-12)21(18,19)16-8-11(2)20-3/h7,10-12,15-16H,4-6,8-9H2,1-3H3. The molecule has 1 aliphatic rings. The minimum absolute atomic E-state index is 0.270. The van der Waals surface area contributed by atoms with Gasteiger partial charge in [-0.2, -0.15) is 11.8 Å². The molecule has 5 nitrogen and oxygen atoms in total. The van der Waals surface area contributed by atoms with E-state index in [1.54, 1.807) is 24.0 Å². The number of thioether (sulfide) groups is 1. The first-order chi connectivity index (χ1) is 9.97. The van der Waals surface area contributed by atoms with Gasteiger partial charge in [-0.1, -0.05) is 13.8 Å². The SMILES string of the molecule is CCNCc1cc(S(=O)(=O)NCC(C)SC)cn1C1CC1. The molecule has 0 spiro atoms. The topological polar surface area (TPSA) is 63.1 Å². The lowest BCUT2D eigenvalue weighted by atomic mass is 10.4. The van der Waals surface area contributed by atoms with Gasteiger partial charge in [-0.15, -0.1) is 0 Å². The van der Waals surface area contributed by atoms with Crippen LogP contribution >= 0.6 is 11.8 Å². The summed E-state index contributed by atoms with van der Waals surface area (Å²) in [6.07, 6.45) is 6.06. The van der Waals surface area contributed by atoms with Gasteiger partial charge in [-0.3, -0.25) is 0 Å². The highest BCUT2D eigenvalue weighted by molar-refractivity contribution is 7.99. The Bertz CT molecular complexity index is 565. The van der Waals surface area contributed by atoms with E-state index in [4.69, 9.17) is 0 Å². The van der Waals surface area contributed by atoms with Crippen molar-refractivity contribution >= 4 is 21.8 Å². The molecule has 0 amide bonds. The summed E-state index contributed by atoms with van der Waals surface area (Å²) in [6, 6.07) is 2.28. The van der Waals surface area contributed by atoms with Crippen molar-refractivity contribution in [2.45, 2.75) is 49.4 Å². The summed E-state index contributed by atoms with van der Waals surface area (Å²) in [5, 5.41) is 3.54. The van der Waals surface area contributed by atoms with Crippen LogP contribution in [0.3, 0.4) is 0 Å². The Kier molecular flexibility index (Phi) is 5.76. The van der Waals surface area contributed by atoms with E-state index in [2.05, 4.69) is 14.6 Å². The van der Waals surface area contributed by atoms with E-state index in [-0.39, 0.29) is 5.25 Å². The summed E-state index contributed by atoms with van der Waals surface area (Å²) in [7, 11) is -3.41. The molecule has 7 heteroatoms. The Morgan fingerprint density at radius 2 is 2.19 bits per heavy atom. The first-order valence-electron chi connectivity index (χ1n) is 7.41. The summed E-state index contributed by atoms with van der Waals surface area (Å²) in [4.78, 5) is 0.385. The second-order valence-corrected chi connectivity index (χ2v) is 8.53. The molecular formula is C14H25N3O2S2. The van der Waals surface area contributed by atoms with Crippen molar-refractivity contribution in [1.29, 1.82) is 0 Å². The summed E-state index contributed by atoms with van der Waals surface area (Å²) < 4.78 is 29.6. The molecule has 1 aromatic rings. The van der Waals surface area contributed by atoms with Crippen molar-refractivity contribution in [3.05, 3.63) is 18.0 Å². The van der Waals surface area contributed by atoms with Crippen molar-refractivity contribution < 1.29 is 8.42 Å². The van der Waals surface area contributed by atoms with Crippen LogP contribution in [0.1, 0.15) is 38.4 Å². The van der Waals surface area contributed by atoms with E-state index in [9.17, 15) is 8.42 Å². The summed E-state index contributed by atoms with van der Waals surface area (Å²) >= 11 is 1.65. The van der Waals surface area contributed by atoms with E-state index < -0.39 is 10.0 Å². The van der Waals surface area contributed by atoms with E-state index in [0.717, 1.165) is 25.1 Å². The highest BCUT2D eigenvalue weighted by atomic mass is 32.2. The van der Waals surface area contributed by atoms with Crippen LogP contribution in [0, 0.1) is 0 Å². The van der Waals surface area contributed by atoms with Crippen LogP contribution in [-0.2, 0) is 16.6 Å². The molecule has 2 N–H and O–H groups in total. The number of nitrogens with one attached hydrogen (secondary N) is 2. The molecule has 0 aromatic carbocycles. The van der Waals surface area contributed by atoms with Crippen LogP contribution in [0.5, 0.6) is 0 Å². The third-order valence-corrected chi connectivity index (χ3v) is 6.04. The normalized spacial score (nSPS) is 17.1. The second-order valence-electron chi connectivity index (χ2n) is 5.48. The fraction of sp³-hybridized carbons (Fsp3) is 0.714. The van der Waals surface area contributed by atoms with Gasteiger partial charge >= 0.3 is 0 Å². The minimum atomic E-state index is -3.41. The van der Waals surface area contributed by atoms with Gasteiger partial charge in [0.15, 0.2) is 0 Å². The maximum absolute atomic E-state index is 12.4. The zero-order valence-electron chi connectivity index (χ0n) is 12.9. The molecule has 1 unspecified atom stereocenters. The van der Waals surface area contributed by atoms with Crippen LogP contribution in [0.15, 0.2) is 17.2 Å². The van der Waals surface area contributed by atoms with Gasteiger partial charge in [0.05, 0.1) is 4.90 Å². The van der Waals surface area contributed by atoms with Crippen LogP contribution in [0.25, 0.3) is 0 Å². The molecule has 2 rings (SSSR count). The lowest BCUT2D eigenvalue weighted by molar-refractivity contribution is 0.581. The van der Waals surface area contributed by atoms with Gasteiger partial charge in [0, 0.05) is 36.3 Å². The van der Waals surface area contributed by atoms with E-state index in [0.29, 0.717) is 24.0 Å². The van der Waals surface area contributed by atoms with Gasteiger partial charge in [-0.25, -0.2) is 13.1 Å². The fourth-order valence-corrected chi connectivity index (χ4v) is 3.66. The molecule has 0 aliphatic heterocycles. The smallest absolute Gasteiger partial charge is 0.242 e. The Morgan fingerprint density at radius 1 is 1.48 bits per heavy atom. The molecule has 1 aliphatic carbocycles. The maximum Gasteiger partial charge on any atom is 0.242 e. The third-order valence-electron chi connectivity index (χ3n) is 3.68. The third kappa shape index (κ3) is 4.48. The van der Waals surface area contributed by atoms with Crippen molar-refractivity contribution in [1.82, 2.24) is 14.6 Å². The molecule has 0 saturated heterocycles. The summed E-state index contributed by atoms with van der Waals surface area (Å²) in [6.45, 7) is 6.11. The average Bonchev–Trinajstić information content (AvgIpc) is 3.22. The quantitative estimate of drug-likeness (QED) is 0.726. The number of hydrogen-bond donors (Lipinski definition) is 2. The van der Waals surface area contributed by atoms with Crippen LogP contribution in [0.4, 0.5) is 0 Å². The molecule has 1 saturated carbocycles. The average molecular weight is 332 g/mol. The monoisotopic (exact) mass is 331 g/mol. The van der Waals surface area contributed by atoms with Crippen molar-refractivity contribution in [3.63, 3.8) is 0 Å². The molecular weight excluding hydrogens is 306 g/mol. The lowest BCUT2D eigenvalue weighted by Crippen LogP contribution is -2.29. The number of sulfonamides is 1. The molecule has 1 aromatic heterocycles. The van der Waals surface area contributed by atoms with Gasteiger partial charge in [0.25, 0.3) is 0 Å². The number of nitrogens with zero attached hydrogens (tertiary/aromatic N) is 1. The minimum Gasteiger partial charge on any atom is -0.346 e. The van der Waals surface area contributed by atoms with Crippen LogP contribution < -0.4 is 10.0 Å². The Labute approximate surface area is 131 Å². The second kappa shape index (κ2) is 7.17. The van der Waals surface area contributed by atoms with Gasteiger partial charge in [0.2, 0.25) is 10.0 Å². The summed E-state index contributed by atoms with van der Waals surface area (Å²) in [5.74, 6) is 0. The predicted octanol–water partition coefficient (Wildman–Crippen LogP) is 1.96. The van der Waals surface area contributed by atoms with Gasteiger partial charge in [0.1, 0.15) is 0 Å². The fourth-order valence-electron chi connectivity index (χ4n) is 2.12. The zero-order valence-corrected chi connectivity index (χ0v) is 14.6. The van der Waals surface area contributed by atoms with Crippen LogP contribution in [0.2, 0.25) is 0 Å². The number of rotatable bonds is 9. The van der Waals surface area contributed by atoms with Crippen molar-refractivity contribution in [2.24, 2.45) is 0 Å². The molecule has 21 heavy (non-hydrogen) atoms. The van der Waals surface area contributed by atoms with Crippen LogP contribution in [-0.4, -0.2) is 37.6 Å². The Balaban J connectivity index is 2.14. The first kappa shape index (κ1) is 16.9. The highest BCUT2D eigenvalue weighted by Gasteiger charge is 2.28. The van der Waals surface area contributed by atoms with Crippen molar-refractivity contribution in [3.8, 4) is 0 Å². The molecule has 120 valence electrons. The van der Waals surface area contributed by atoms with Gasteiger partial charge in [-0.05, 0) is 31.7 Å². The highest BCUT2D eigenvalue weighted by Crippen LogP contribution is 2.37. The molecule has 1 fully saturated rings. The molecule has 1 heterocycles. The van der Waals surface area contributed by atoms with E-state index in [1.807, 2.05) is 20.1 Å².